The first-order valence-corrected chi connectivity index (χ1v) is 10.5. The fourth-order valence-electron chi connectivity index (χ4n) is 3.33. The van der Waals surface area contributed by atoms with Crippen LogP contribution in [0.1, 0.15) is 60.2 Å². The van der Waals surface area contributed by atoms with Gasteiger partial charge in [0.15, 0.2) is 0 Å². The average Bonchev–Trinajstić information content (AvgIpc) is 2.75. The Morgan fingerprint density at radius 2 is 1.62 bits per heavy atom. The highest BCUT2D eigenvalue weighted by molar-refractivity contribution is 6.04. The highest BCUT2D eigenvalue weighted by atomic mass is 16.5. The molecule has 2 aromatic carbocycles. The van der Waals surface area contributed by atoms with Crippen LogP contribution in [0.15, 0.2) is 48.5 Å². The van der Waals surface area contributed by atoms with E-state index in [2.05, 4.69) is 19.2 Å². The molecule has 0 atom stereocenters. The molecule has 0 aromatic heterocycles. The lowest BCUT2D eigenvalue weighted by Gasteiger charge is -2.30. The number of anilines is 1. The minimum Gasteiger partial charge on any atom is -0.494 e. The Morgan fingerprint density at radius 3 is 2.24 bits per heavy atom. The number of carbonyl (C=O) groups excluding carboxylic acids is 2. The van der Waals surface area contributed by atoms with Gasteiger partial charge in [-0.05, 0) is 73.7 Å². The van der Waals surface area contributed by atoms with Crippen molar-refractivity contribution in [1.82, 2.24) is 4.90 Å². The summed E-state index contributed by atoms with van der Waals surface area (Å²) >= 11 is 0. The Hall–Kier alpha value is -2.82. The monoisotopic (exact) mass is 394 g/mol. The number of piperidine rings is 1. The number of benzene rings is 2. The Bertz CT molecular complexity index is 807. The van der Waals surface area contributed by atoms with Crippen LogP contribution >= 0.6 is 0 Å². The predicted octanol–water partition coefficient (Wildman–Crippen LogP) is 4.99. The summed E-state index contributed by atoms with van der Waals surface area (Å²) in [5, 5.41) is 2.88. The summed E-state index contributed by atoms with van der Waals surface area (Å²) in [5.74, 6) is 1.33. The number of amides is 2. The minimum absolute atomic E-state index is 0.0634. The van der Waals surface area contributed by atoms with Crippen LogP contribution in [0.5, 0.6) is 5.75 Å². The highest BCUT2D eigenvalue weighted by Gasteiger charge is 2.21. The molecule has 0 radical (unpaired) electrons. The van der Waals surface area contributed by atoms with Crippen LogP contribution in [-0.2, 0) is 0 Å². The van der Waals surface area contributed by atoms with Crippen LogP contribution < -0.4 is 10.1 Å². The van der Waals surface area contributed by atoms with Crippen molar-refractivity contribution in [2.24, 2.45) is 5.92 Å². The van der Waals surface area contributed by atoms with Crippen molar-refractivity contribution < 1.29 is 14.3 Å². The van der Waals surface area contributed by atoms with Gasteiger partial charge < -0.3 is 15.0 Å². The molecule has 0 bridgehead atoms. The standard InChI is InChI=1S/C24H30N2O3/c1-3-4-17-29-22-11-7-19(8-12-22)23(27)25-21-9-5-20(6-10-21)24(28)26-15-13-18(2)14-16-26/h5-12,18H,3-4,13-17H2,1-2H3,(H,25,27). The SMILES string of the molecule is CCCCOc1ccc(C(=O)Nc2ccc(C(=O)N3CCC(C)CC3)cc2)cc1. The number of likely N-dealkylation sites (tertiary alicyclic amines) is 1. The normalized spacial score (nSPS) is 14.5. The van der Waals surface area contributed by atoms with Crippen LogP contribution in [0.2, 0.25) is 0 Å². The maximum atomic E-state index is 12.6. The topological polar surface area (TPSA) is 58.6 Å². The molecule has 5 heteroatoms. The quantitative estimate of drug-likeness (QED) is 0.673. The fourth-order valence-corrected chi connectivity index (χ4v) is 3.33. The van der Waals surface area contributed by atoms with E-state index in [0.717, 1.165) is 44.5 Å². The molecule has 3 rings (SSSR count). The van der Waals surface area contributed by atoms with Gasteiger partial charge in [-0.1, -0.05) is 20.3 Å². The molecule has 5 nitrogen and oxygen atoms in total. The molecule has 1 N–H and O–H groups in total. The third-order valence-corrected chi connectivity index (χ3v) is 5.34. The Labute approximate surface area is 173 Å². The molecule has 0 aliphatic carbocycles. The second kappa shape index (κ2) is 10.1. The zero-order valence-electron chi connectivity index (χ0n) is 17.3. The third kappa shape index (κ3) is 5.83. The van der Waals surface area contributed by atoms with Crippen molar-refractivity contribution in [2.45, 2.75) is 39.5 Å². The van der Waals surface area contributed by atoms with Crippen LogP contribution in [0.4, 0.5) is 5.69 Å². The molecule has 154 valence electrons. The number of nitrogens with one attached hydrogen (secondary N) is 1. The van der Waals surface area contributed by atoms with Crippen LogP contribution in [-0.4, -0.2) is 36.4 Å². The second-order valence-electron chi connectivity index (χ2n) is 7.73. The Kier molecular flexibility index (Phi) is 7.28. The first-order chi connectivity index (χ1) is 14.1. The van der Waals surface area contributed by atoms with Gasteiger partial charge in [0.1, 0.15) is 5.75 Å². The van der Waals surface area contributed by atoms with Gasteiger partial charge in [-0.25, -0.2) is 0 Å². The van der Waals surface area contributed by atoms with E-state index in [0.29, 0.717) is 29.3 Å². The third-order valence-electron chi connectivity index (χ3n) is 5.34. The van der Waals surface area contributed by atoms with E-state index in [-0.39, 0.29) is 11.8 Å². The largest absolute Gasteiger partial charge is 0.494 e. The summed E-state index contributed by atoms with van der Waals surface area (Å²) in [6.07, 6.45) is 4.21. The molecule has 2 aromatic rings. The Balaban J connectivity index is 1.55. The minimum atomic E-state index is -0.186. The van der Waals surface area contributed by atoms with E-state index in [4.69, 9.17) is 4.74 Å². The molecule has 0 saturated carbocycles. The average molecular weight is 395 g/mol. The predicted molar refractivity (Wildman–Crippen MR) is 116 cm³/mol. The molecule has 29 heavy (non-hydrogen) atoms. The van der Waals surface area contributed by atoms with Gasteiger partial charge in [-0.15, -0.1) is 0 Å². The van der Waals surface area contributed by atoms with Crippen LogP contribution in [0.3, 0.4) is 0 Å². The van der Waals surface area contributed by atoms with Gasteiger partial charge >= 0.3 is 0 Å². The van der Waals surface area contributed by atoms with Crippen molar-refractivity contribution in [3.05, 3.63) is 59.7 Å². The molecule has 2 amide bonds. The van der Waals surface area contributed by atoms with Gasteiger partial charge in [-0.3, -0.25) is 9.59 Å². The van der Waals surface area contributed by atoms with Crippen molar-refractivity contribution in [2.75, 3.05) is 25.0 Å². The maximum Gasteiger partial charge on any atom is 0.255 e. The van der Waals surface area contributed by atoms with E-state index >= 15 is 0 Å². The van der Waals surface area contributed by atoms with Crippen molar-refractivity contribution >= 4 is 17.5 Å². The molecule has 1 saturated heterocycles. The first kappa shape index (κ1) is 20.9. The van der Waals surface area contributed by atoms with Gasteiger partial charge in [0.25, 0.3) is 11.8 Å². The number of carbonyl (C=O) groups is 2. The first-order valence-electron chi connectivity index (χ1n) is 10.5. The lowest BCUT2D eigenvalue weighted by atomic mass is 9.98. The van der Waals surface area contributed by atoms with E-state index in [1.165, 1.54) is 0 Å². The molecule has 0 unspecified atom stereocenters. The summed E-state index contributed by atoms with van der Waals surface area (Å²) < 4.78 is 5.62. The number of hydrogen-bond acceptors (Lipinski definition) is 3. The molecule has 1 fully saturated rings. The Morgan fingerprint density at radius 1 is 1.00 bits per heavy atom. The zero-order chi connectivity index (χ0) is 20.6. The summed E-state index contributed by atoms with van der Waals surface area (Å²) in [5.41, 5.74) is 1.89. The maximum absolute atomic E-state index is 12.6. The van der Waals surface area contributed by atoms with Crippen molar-refractivity contribution in [3.63, 3.8) is 0 Å². The van der Waals surface area contributed by atoms with E-state index in [1.807, 2.05) is 17.0 Å². The smallest absolute Gasteiger partial charge is 0.255 e. The molecular formula is C24H30N2O3. The van der Waals surface area contributed by atoms with Crippen LogP contribution in [0.25, 0.3) is 0 Å². The number of hydrogen-bond donors (Lipinski definition) is 1. The van der Waals surface area contributed by atoms with Gasteiger partial charge in [0, 0.05) is 29.9 Å². The highest BCUT2D eigenvalue weighted by Crippen LogP contribution is 2.20. The number of nitrogens with zero attached hydrogens (tertiary/aromatic N) is 1. The van der Waals surface area contributed by atoms with Gasteiger partial charge in [-0.2, -0.15) is 0 Å². The number of rotatable bonds is 7. The summed E-state index contributed by atoms with van der Waals surface area (Å²) in [6.45, 7) is 6.66. The zero-order valence-corrected chi connectivity index (χ0v) is 17.3. The van der Waals surface area contributed by atoms with Crippen molar-refractivity contribution in [1.29, 1.82) is 0 Å². The van der Waals surface area contributed by atoms with E-state index in [1.54, 1.807) is 36.4 Å². The van der Waals surface area contributed by atoms with E-state index in [9.17, 15) is 9.59 Å². The van der Waals surface area contributed by atoms with Crippen molar-refractivity contribution in [3.8, 4) is 5.75 Å². The molecule has 1 heterocycles. The number of ether oxygens (including phenoxy) is 1. The van der Waals surface area contributed by atoms with Crippen LogP contribution in [0, 0.1) is 5.92 Å². The summed E-state index contributed by atoms with van der Waals surface area (Å²) in [4.78, 5) is 27.0. The summed E-state index contributed by atoms with van der Waals surface area (Å²) in [6, 6.07) is 14.2. The molecule has 1 aliphatic rings. The van der Waals surface area contributed by atoms with E-state index < -0.39 is 0 Å². The lowest BCUT2D eigenvalue weighted by Crippen LogP contribution is -2.37. The van der Waals surface area contributed by atoms with Gasteiger partial charge in [0.2, 0.25) is 0 Å². The fraction of sp³-hybridized carbons (Fsp3) is 0.417. The van der Waals surface area contributed by atoms with Gasteiger partial charge in [0.05, 0.1) is 6.61 Å². The molecular weight excluding hydrogens is 364 g/mol. The number of unbranched alkanes of at least 4 members (excludes halogenated alkanes) is 1. The molecule has 1 aliphatic heterocycles. The molecule has 0 spiro atoms. The lowest BCUT2D eigenvalue weighted by molar-refractivity contribution is 0.0697. The summed E-state index contributed by atoms with van der Waals surface area (Å²) in [7, 11) is 0. The second-order valence-corrected chi connectivity index (χ2v) is 7.73.